The van der Waals surface area contributed by atoms with Gasteiger partial charge in [0.15, 0.2) is 11.6 Å². The molecule has 2 unspecified atom stereocenters. The van der Waals surface area contributed by atoms with Crippen LogP contribution in [0.2, 0.25) is 0 Å². The molecular weight excluding hydrogens is 541 g/mol. The van der Waals surface area contributed by atoms with E-state index in [0.717, 1.165) is 9.87 Å². The number of carbonyl (C=O) groups excluding carboxylic acids is 1. The van der Waals surface area contributed by atoms with Gasteiger partial charge in [0, 0.05) is 24.0 Å². The number of hydrogen-bond acceptors (Lipinski definition) is 6. The number of rotatable bonds is 10. The number of hydrogen-bond donors (Lipinski definition) is 2. The van der Waals surface area contributed by atoms with Gasteiger partial charge in [0.1, 0.15) is 16.3 Å². The monoisotopic (exact) mass is 570 g/mol. The van der Waals surface area contributed by atoms with Gasteiger partial charge >= 0.3 is 6.09 Å². The lowest BCUT2D eigenvalue weighted by atomic mass is 10.0. The van der Waals surface area contributed by atoms with Gasteiger partial charge in [-0.25, -0.2) is 26.4 Å². The van der Waals surface area contributed by atoms with Gasteiger partial charge in [-0.3, -0.25) is 0 Å². The number of nitrogens with one attached hydrogen (secondary N) is 1. The van der Waals surface area contributed by atoms with Crippen LogP contribution in [0.25, 0.3) is 0 Å². The Labute approximate surface area is 223 Å². The third-order valence-electron chi connectivity index (χ3n) is 5.36. The van der Waals surface area contributed by atoms with E-state index in [0.29, 0.717) is 4.88 Å². The first-order valence-corrected chi connectivity index (χ1v) is 14.0. The molecule has 206 valence electrons. The van der Waals surface area contributed by atoms with E-state index < -0.39 is 62.8 Å². The van der Waals surface area contributed by atoms with Crippen molar-refractivity contribution in [2.45, 2.75) is 56.4 Å². The second-order valence-corrected chi connectivity index (χ2v) is 12.5. The van der Waals surface area contributed by atoms with Crippen LogP contribution in [0, 0.1) is 17.5 Å². The third-order valence-corrected chi connectivity index (χ3v) is 8.05. The highest BCUT2D eigenvalue weighted by Gasteiger charge is 2.34. The van der Waals surface area contributed by atoms with Crippen LogP contribution >= 0.6 is 11.3 Å². The molecule has 12 heteroatoms. The first-order valence-electron chi connectivity index (χ1n) is 11.6. The second-order valence-electron chi connectivity index (χ2n) is 9.58. The molecule has 0 fully saturated rings. The molecule has 2 aromatic carbocycles. The van der Waals surface area contributed by atoms with Crippen molar-refractivity contribution >= 4 is 27.5 Å². The Kier molecular flexibility index (Phi) is 9.58. The molecule has 0 bridgehead atoms. The number of halogens is 3. The summed E-state index contributed by atoms with van der Waals surface area (Å²) < 4.78 is 74.9. The van der Waals surface area contributed by atoms with Crippen LogP contribution in [0.4, 0.5) is 18.0 Å². The minimum Gasteiger partial charge on any atom is -0.444 e. The second kappa shape index (κ2) is 12.3. The van der Waals surface area contributed by atoms with Crippen LogP contribution in [0.5, 0.6) is 0 Å². The number of ether oxygens (including phenoxy) is 1. The van der Waals surface area contributed by atoms with E-state index in [9.17, 15) is 31.5 Å². The predicted molar refractivity (Wildman–Crippen MR) is 138 cm³/mol. The van der Waals surface area contributed by atoms with Gasteiger partial charge in [-0.15, -0.1) is 11.3 Å². The average molecular weight is 571 g/mol. The summed E-state index contributed by atoms with van der Waals surface area (Å²) in [7, 11) is -4.75. The van der Waals surface area contributed by atoms with E-state index in [1.807, 2.05) is 0 Å². The minimum atomic E-state index is -4.75. The van der Waals surface area contributed by atoms with Crippen LogP contribution in [0.15, 0.2) is 64.9 Å². The lowest BCUT2D eigenvalue weighted by Crippen LogP contribution is -2.51. The Morgan fingerprint density at radius 3 is 2.32 bits per heavy atom. The molecular formula is C26H29F3N2O5S2. The fourth-order valence-electron chi connectivity index (χ4n) is 3.61. The molecule has 0 aliphatic carbocycles. The highest BCUT2D eigenvalue weighted by atomic mass is 32.2. The molecule has 7 nitrogen and oxygen atoms in total. The summed E-state index contributed by atoms with van der Waals surface area (Å²) >= 11 is 1.22. The van der Waals surface area contributed by atoms with E-state index in [1.165, 1.54) is 11.3 Å². The molecule has 0 saturated heterocycles. The summed E-state index contributed by atoms with van der Waals surface area (Å²) in [5.41, 5.74) is -0.0858. The van der Waals surface area contributed by atoms with Gasteiger partial charge in [-0.2, -0.15) is 4.31 Å². The minimum absolute atomic E-state index is 0.119. The summed E-state index contributed by atoms with van der Waals surface area (Å²) in [4.78, 5) is 12.0. The first kappa shape index (κ1) is 29.6. The Hall–Kier alpha value is -2.93. The fraction of sp³-hybridized carbons (Fsp3) is 0.346. The van der Waals surface area contributed by atoms with E-state index in [2.05, 4.69) is 5.32 Å². The quantitative estimate of drug-likeness (QED) is 0.340. The topological polar surface area (TPSA) is 95.9 Å². The Morgan fingerprint density at radius 2 is 1.71 bits per heavy atom. The van der Waals surface area contributed by atoms with Crippen molar-refractivity contribution in [3.05, 3.63) is 87.9 Å². The number of thiophene rings is 1. The first-order chi connectivity index (χ1) is 17.8. The highest BCUT2D eigenvalue weighted by molar-refractivity contribution is 7.89. The molecule has 0 aliphatic heterocycles. The number of amides is 1. The number of alkyl carbamates (subject to hydrolysis) is 1. The summed E-state index contributed by atoms with van der Waals surface area (Å²) in [6, 6.07) is 11.6. The van der Waals surface area contributed by atoms with Gasteiger partial charge in [0.25, 0.3) is 0 Å². The van der Waals surface area contributed by atoms with Crippen molar-refractivity contribution in [1.82, 2.24) is 9.62 Å². The number of nitrogens with zero attached hydrogens (tertiary/aromatic N) is 1. The van der Waals surface area contributed by atoms with Crippen LogP contribution in [-0.2, 0) is 27.7 Å². The molecule has 0 radical (unpaired) electrons. The van der Waals surface area contributed by atoms with Crippen molar-refractivity contribution in [2.24, 2.45) is 0 Å². The average Bonchev–Trinajstić information content (AvgIpc) is 3.33. The lowest BCUT2D eigenvalue weighted by Gasteiger charge is -2.30. The highest BCUT2D eigenvalue weighted by Crippen LogP contribution is 2.26. The summed E-state index contributed by atoms with van der Waals surface area (Å²) in [6.45, 7) is 4.13. The van der Waals surface area contributed by atoms with Crippen molar-refractivity contribution < 1.29 is 36.2 Å². The SMILES string of the molecule is CC(C)(C)OC(=O)NC(Cc1ccccc1)C(O)CN(Cc1cccs1)S(=O)(=O)c1cc(F)c(F)cc1F. The Morgan fingerprint density at radius 1 is 1.05 bits per heavy atom. The van der Waals surface area contributed by atoms with Crippen LogP contribution < -0.4 is 5.32 Å². The molecule has 1 amide bonds. The van der Waals surface area contributed by atoms with Crippen LogP contribution in [0.3, 0.4) is 0 Å². The molecule has 2 atom stereocenters. The number of aliphatic hydroxyl groups is 1. The molecule has 3 rings (SSSR count). The maximum Gasteiger partial charge on any atom is 0.407 e. The van der Waals surface area contributed by atoms with E-state index in [1.54, 1.807) is 68.6 Å². The largest absolute Gasteiger partial charge is 0.444 e. The third kappa shape index (κ3) is 8.03. The summed E-state index contributed by atoms with van der Waals surface area (Å²) in [6.07, 6.45) is -2.20. The number of aliphatic hydroxyl groups excluding tert-OH is 1. The molecule has 3 aromatic rings. The normalized spacial score (nSPS) is 13.8. The van der Waals surface area contributed by atoms with Crippen LogP contribution in [0.1, 0.15) is 31.2 Å². The van der Waals surface area contributed by atoms with Crippen molar-refractivity contribution in [2.75, 3.05) is 6.54 Å². The molecule has 0 spiro atoms. The maximum absolute atomic E-state index is 14.5. The Bertz CT molecular complexity index is 1330. The van der Waals surface area contributed by atoms with Crippen LogP contribution in [-0.4, -0.2) is 48.2 Å². The van der Waals surface area contributed by atoms with Gasteiger partial charge in [0.2, 0.25) is 10.0 Å². The van der Waals surface area contributed by atoms with Crippen molar-refractivity contribution in [1.29, 1.82) is 0 Å². The van der Waals surface area contributed by atoms with Gasteiger partial charge < -0.3 is 15.2 Å². The zero-order chi connectivity index (χ0) is 28.1. The summed E-state index contributed by atoms with van der Waals surface area (Å²) in [5, 5.41) is 15.5. The molecule has 1 heterocycles. The maximum atomic E-state index is 14.5. The zero-order valence-electron chi connectivity index (χ0n) is 21.0. The van der Waals surface area contributed by atoms with Gasteiger partial charge in [-0.1, -0.05) is 36.4 Å². The van der Waals surface area contributed by atoms with Gasteiger partial charge in [0.05, 0.1) is 12.1 Å². The smallest absolute Gasteiger partial charge is 0.407 e. The van der Waals surface area contributed by atoms with Gasteiger partial charge in [-0.05, 0) is 50.3 Å². The number of sulfonamides is 1. The molecule has 1 aromatic heterocycles. The zero-order valence-corrected chi connectivity index (χ0v) is 22.7. The van der Waals surface area contributed by atoms with E-state index in [-0.39, 0.29) is 25.1 Å². The fourth-order valence-corrected chi connectivity index (χ4v) is 5.91. The standard InChI is InChI=1S/C26H29F3N2O5S2/c1-26(2,3)36-25(33)30-22(12-17-8-5-4-6-9-17)23(32)16-31(15-18-10-7-11-37-18)38(34,35)24-14-20(28)19(27)13-21(24)29/h4-11,13-14,22-23,32H,12,15-16H2,1-3H3,(H,30,33). The van der Waals surface area contributed by atoms with E-state index in [4.69, 9.17) is 4.74 Å². The number of benzene rings is 2. The molecule has 0 saturated carbocycles. The van der Waals surface area contributed by atoms with Crippen molar-refractivity contribution in [3.63, 3.8) is 0 Å². The Balaban J connectivity index is 1.95. The van der Waals surface area contributed by atoms with Crippen molar-refractivity contribution in [3.8, 4) is 0 Å². The molecule has 0 aliphatic rings. The number of carbonyl (C=O) groups is 1. The summed E-state index contributed by atoms with van der Waals surface area (Å²) in [5.74, 6) is -4.53. The van der Waals surface area contributed by atoms with E-state index >= 15 is 0 Å². The molecule has 38 heavy (non-hydrogen) atoms. The lowest BCUT2D eigenvalue weighted by molar-refractivity contribution is 0.0401. The molecule has 2 N–H and O–H groups in total. The predicted octanol–water partition coefficient (Wildman–Crippen LogP) is 4.85.